The maximum atomic E-state index is 13.7. The molecule has 0 aliphatic carbocycles. The van der Waals surface area contributed by atoms with E-state index in [1.54, 1.807) is 37.3 Å². The topological polar surface area (TPSA) is 138 Å². The van der Waals surface area contributed by atoms with Gasteiger partial charge in [-0.3, -0.25) is 14.6 Å². The van der Waals surface area contributed by atoms with Gasteiger partial charge in [0.25, 0.3) is 11.8 Å². The minimum absolute atomic E-state index is 0.0106. The molecule has 1 spiro atoms. The molecule has 3 aliphatic rings. The number of aliphatic imine (C=N–C) groups is 1. The lowest BCUT2D eigenvalue weighted by atomic mass is 9.89. The zero-order valence-electron chi connectivity index (χ0n) is 27.7. The molecule has 2 aromatic rings. The lowest BCUT2D eigenvalue weighted by Crippen LogP contribution is -2.50. The van der Waals surface area contributed by atoms with E-state index in [1.807, 2.05) is 0 Å². The highest BCUT2D eigenvalue weighted by atomic mass is 32.2. The average molecular weight is 719 g/mol. The fourth-order valence-corrected chi connectivity index (χ4v) is 7.78. The number of amides is 2. The Morgan fingerprint density at radius 1 is 1.14 bits per heavy atom. The highest BCUT2D eigenvalue weighted by Crippen LogP contribution is 2.36. The first-order valence-corrected chi connectivity index (χ1v) is 17.9. The number of nitrogens with one attached hydrogen (secondary N) is 1. The number of hydrogen-bond donors (Lipinski definition) is 2. The molecular formula is C35H41F3N4O7S. The quantitative estimate of drug-likeness (QED) is 0.238. The molecule has 2 atom stereocenters. The molecular weight excluding hydrogens is 677 g/mol. The second kappa shape index (κ2) is 15.1. The number of carbonyl (C=O) groups is 2. The van der Waals surface area contributed by atoms with Crippen LogP contribution in [0.2, 0.25) is 0 Å². The van der Waals surface area contributed by atoms with Crippen LogP contribution >= 0.6 is 0 Å². The zero-order chi connectivity index (χ0) is 36.3. The van der Waals surface area contributed by atoms with Crippen molar-refractivity contribution in [2.45, 2.75) is 56.5 Å². The number of likely N-dealkylation sites (tertiary alicyclic amines) is 1. The Morgan fingerprint density at radius 2 is 1.88 bits per heavy atom. The molecule has 2 N–H and O–H groups in total. The van der Waals surface area contributed by atoms with E-state index in [1.165, 1.54) is 15.3 Å². The molecule has 0 radical (unpaired) electrons. The van der Waals surface area contributed by atoms with Crippen molar-refractivity contribution in [1.29, 1.82) is 0 Å². The number of aliphatic hydroxyl groups excluding tert-OH is 1. The van der Waals surface area contributed by atoms with Crippen molar-refractivity contribution in [1.82, 2.24) is 14.5 Å². The number of carbonyl (C=O) groups excluding carboxylic acids is 2. The van der Waals surface area contributed by atoms with Crippen LogP contribution in [0.4, 0.5) is 13.2 Å². The van der Waals surface area contributed by atoms with E-state index in [0.29, 0.717) is 12.0 Å². The van der Waals surface area contributed by atoms with Crippen molar-refractivity contribution in [3.05, 3.63) is 89.5 Å². The van der Waals surface area contributed by atoms with E-state index in [9.17, 15) is 36.3 Å². The summed E-state index contributed by atoms with van der Waals surface area (Å²) in [4.78, 5) is 32.3. The number of alkyl halides is 3. The third-order valence-corrected chi connectivity index (χ3v) is 11.1. The van der Waals surface area contributed by atoms with Crippen LogP contribution in [0.15, 0.2) is 66.7 Å². The molecule has 3 aliphatic heterocycles. The van der Waals surface area contributed by atoms with Crippen molar-refractivity contribution < 1.29 is 45.8 Å². The maximum Gasteiger partial charge on any atom is 0.416 e. The van der Waals surface area contributed by atoms with E-state index in [2.05, 4.69) is 23.5 Å². The van der Waals surface area contributed by atoms with Crippen LogP contribution in [0.25, 0.3) is 0 Å². The van der Waals surface area contributed by atoms with Crippen molar-refractivity contribution in [2.75, 3.05) is 45.1 Å². The molecule has 2 fully saturated rings. The summed E-state index contributed by atoms with van der Waals surface area (Å²) >= 11 is 0. The molecule has 50 heavy (non-hydrogen) atoms. The summed E-state index contributed by atoms with van der Waals surface area (Å²) in [5.74, 6) is -1.00. The Labute approximate surface area is 289 Å². The lowest BCUT2D eigenvalue weighted by Gasteiger charge is -2.34. The first-order chi connectivity index (χ1) is 23.7. The number of sulfonamides is 1. The van der Waals surface area contributed by atoms with Gasteiger partial charge in [-0.1, -0.05) is 18.2 Å². The molecule has 0 aromatic heterocycles. The van der Waals surface area contributed by atoms with Gasteiger partial charge in [0, 0.05) is 37.3 Å². The Balaban J connectivity index is 1.21. The van der Waals surface area contributed by atoms with Gasteiger partial charge < -0.3 is 24.8 Å². The van der Waals surface area contributed by atoms with Gasteiger partial charge in [-0.05, 0) is 74.1 Å². The average Bonchev–Trinajstić information content (AvgIpc) is 3.61. The van der Waals surface area contributed by atoms with Crippen molar-refractivity contribution in [3.63, 3.8) is 0 Å². The summed E-state index contributed by atoms with van der Waals surface area (Å²) in [5, 5.41) is 12.9. The van der Waals surface area contributed by atoms with Crippen LogP contribution < -0.4 is 10.1 Å². The van der Waals surface area contributed by atoms with Gasteiger partial charge >= 0.3 is 6.18 Å². The number of aliphatic hydroxyl groups is 1. The van der Waals surface area contributed by atoms with Gasteiger partial charge in [-0.25, -0.2) is 12.7 Å². The molecule has 2 saturated heterocycles. The molecule has 3 heterocycles. The number of halogens is 3. The highest BCUT2D eigenvalue weighted by Gasteiger charge is 2.48. The second-order valence-corrected chi connectivity index (χ2v) is 14.7. The first-order valence-electron chi connectivity index (χ1n) is 16.3. The maximum absolute atomic E-state index is 13.7. The van der Waals surface area contributed by atoms with Gasteiger partial charge in [-0.15, -0.1) is 13.2 Å². The SMILES string of the molecule is C=CCCOc1cc(C2=NC3(CCN(S(=O)(=O)CCc4ccc(C(=O)N5C[C@H](OCC=C)[C@@H](O)C5)cc4C)CC3)C(=O)N2)cc(C(F)(F)F)c1. The van der Waals surface area contributed by atoms with Gasteiger partial charge in [0.05, 0.1) is 30.6 Å². The Kier molecular flexibility index (Phi) is 11.2. The Morgan fingerprint density at radius 3 is 2.54 bits per heavy atom. The van der Waals surface area contributed by atoms with Gasteiger partial charge in [0.15, 0.2) is 0 Å². The zero-order valence-corrected chi connectivity index (χ0v) is 28.6. The fraction of sp³-hybridized carbons (Fsp3) is 0.457. The first kappa shape index (κ1) is 37.2. The van der Waals surface area contributed by atoms with E-state index in [4.69, 9.17) is 9.47 Å². The van der Waals surface area contributed by atoms with E-state index >= 15 is 0 Å². The molecule has 0 bridgehead atoms. The van der Waals surface area contributed by atoms with Gasteiger partial charge in [-0.2, -0.15) is 13.2 Å². The van der Waals surface area contributed by atoms with Gasteiger partial charge in [0.1, 0.15) is 23.2 Å². The van der Waals surface area contributed by atoms with Crippen LogP contribution in [0.3, 0.4) is 0 Å². The normalized spacial score (nSPS) is 20.9. The number of amidine groups is 1. The van der Waals surface area contributed by atoms with Crippen molar-refractivity contribution in [3.8, 4) is 5.75 Å². The predicted octanol–water partition coefficient (Wildman–Crippen LogP) is 3.64. The number of piperidine rings is 1. The molecule has 5 rings (SSSR count). The van der Waals surface area contributed by atoms with Crippen LogP contribution in [-0.2, 0) is 32.2 Å². The third-order valence-electron chi connectivity index (χ3n) is 9.19. The second-order valence-electron chi connectivity index (χ2n) is 12.7. The summed E-state index contributed by atoms with van der Waals surface area (Å²) in [5.41, 5.74) is -0.295. The molecule has 2 aromatic carbocycles. The third kappa shape index (κ3) is 8.28. The standard InChI is InChI=1S/C35H41F3N4O7S/c1-4-6-15-48-28-19-26(18-27(20-28)35(36,37)38)31-39-33(45)34(40-31)10-12-42(13-11-34)50(46,47)16-9-24-7-8-25(17-23(24)3)32(44)41-21-29(43)30(22-41)49-14-5-2/h4-5,7-8,17-20,29-30,43H,1-2,6,9-16,21-22H2,3H3,(H,39,40,45)/t29-,30-/m0/s1. The number of aryl methyl sites for hydroxylation is 2. The minimum atomic E-state index is -4.66. The van der Waals surface area contributed by atoms with Crippen LogP contribution in [0.1, 0.15) is 51.9 Å². The number of benzene rings is 2. The van der Waals surface area contributed by atoms with Gasteiger partial charge in [0.2, 0.25) is 10.0 Å². The minimum Gasteiger partial charge on any atom is -0.493 e. The number of rotatable bonds is 13. The number of hydrogen-bond acceptors (Lipinski definition) is 8. The summed E-state index contributed by atoms with van der Waals surface area (Å²) in [6, 6.07) is 8.23. The summed E-state index contributed by atoms with van der Waals surface area (Å²) in [6.07, 6.45) is -2.07. The van der Waals surface area contributed by atoms with E-state index in [-0.39, 0.29) is 87.5 Å². The molecule has 0 unspecified atom stereocenters. The molecule has 0 saturated carbocycles. The Hall–Kier alpha value is -4.05. The summed E-state index contributed by atoms with van der Waals surface area (Å²) in [6.45, 7) is 9.76. The van der Waals surface area contributed by atoms with Crippen molar-refractivity contribution >= 4 is 27.7 Å². The number of β-amino-alcohol motifs (C(OH)–C–C–N with tert-alkyl or cyclic N) is 1. The molecule has 2 amide bonds. The molecule has 15 heteroatoms. The van der Waals surface area contributed by atoms with Crippen LogP contribution in [-0.4, -0.2) is 103 Å². The smallest absolute Gasteiger partial charge is 0.416 e. The molecule has 11 nitrogen and oxygen atoms in total. The van der Waals surface area contributed by atoms with E-state index in [0.717, 1.165) is 23.3 Å². The number of nitrogens with zero attached hydrogens (tertiary/aromatic N) is 3. The van der Waals surface area contributed by atoms with E-state index < -0.39 is 45.4 Å². The van der Waals surface area contributed by atoms with Crippen molar-refractivity contribution in [2.24, 2.45) is 4.99 Å². The highest BCUT2D eigenvalue weighted by molar-refractivity contribution is 7.89. The van der Waals surface area contributed by atoms with Crippen LogP contribution in [0, 0.1) is 6.92 Å². The molecule has 270 valence electrons. The van der Waals surface area contributed by atoms with Crippen LogP contribution in [0.5, 0.6) is 5.75 Å². The number of ether oxygens (including phenoxy) is 2. The lowest BCUT2D eigenvalue weighted by molar-refractivity contribution is -0.137. The summed E-state index contributed by atoms with van der Waals surface area (Å²) in [7, 11) is -3.75. The monoisotopic (exact) mass is 718 g/mol. The Bertz CT molecular complexity index is 1770. The summed E-state index contributed by atoms with van der Waals surface area (Å²) < 4.78 is 80.1. The predicted molar refractivity (Wildman–Crippen MR) is 180 cm³/mol. The largest absolute Gasteiger partial charge is 0.493 e. The fourth-order valence-electron chi connectivity index (χ4n) is 6.31.